The second kappa shape index (κ2) is 4.12. The minimum absolute atomic E-state index is 0.454. The molecule has 0 aliphatic heterocycles. The Kier molecular flexibility index (Phi) is 2.96. The van der Waals surface area contributed by atoms with Crippen molar-refractivity contribution in [2.75, 3.05) is 0 Å². The normalized spacial score (nSPS) is 24.6. The van der Waals surface area contributed by atoms with Crippen molar-refractivity contribution in [3.63, 3.8) is 0 Å². The molecule has 0 bridgehead atoms. The fourth-order valence-corrected chi connectivity index (χ4v) is 2.92. The number of rotatable bonds is 1. The molecule has 0 fully saturated rings. The van der Waals surface area contributed by atoms with E-state index in [2.05, 4.69) is 26.8 Å². The van der Waals surface area contributed by atoms with Gasteiger partial charge in [0.2, 0.25) is 0 Å². The van der Waals surface area contributed by atoms with Crippen LogP contribution in [-0.4, -0.2) is 5.11 Å². The van der Waals surface area contributed by atoms with Crippen molar-refractivity contribution < 1.29 is 5.11 Å². The summed E-state index contributed by atoms with van der Waals surface area (Å²) in [6.07, 6.45) is 2.54. The highest BCUT2D eigenvalue weighted by Gasteiger charge is 2.27. The number of hydrogen-bond acceptors (Lipinski definition) is 1. The average molecular weight is 218 g/mol. The minimum Gasteiger partial charge on any atom is -0.508 e. The van der Waals surface area contributed by atoms with E-state index in [0.29, 0.717) is 23.5 Å². The molecular formula is C15H22O. The Morgan fingerprint density at radius 3 is 2.50 bits per heavy atom. The predicted octanol–water partition coefficient (Wildman–Crippen LogP) is 4.34. The standard InChI is InChI=1S/C15H22O/c1-9(2)12-6-5-10(3)13-8-15(16)11(4)7-14(12)13/h7-10,12,16H,5-6H2,1-4H3/t10-,12+/m1/s1. The van der Waals surface area contributed by atoms with Crippen LogP contribution in [0.4, 0.5) is 0 Å². The van der Waals surface area contributed by atoms with E-state index < -0.39 is 0 Å². The molecule has 1 heteroatoms. The lowest BCUT2D eigenvalue weighted by molar-refractivity contribution is 0.406. The SMILES string of the molecule is Cc1cc2c(cc1O)[C@H](C)CC[C@H]2C(C)C. The lowest BCUT2D eigenvalue weighted by Gasteiger charge is -2.32. The van der Waals surface area contributed by atoms with Crippen LogP contribution in [0.1, 0.15) is 62.1 Å². The van der Waals surface area contributed by atoms with Crippen LogP contribution >= 0.6 is 0 Å². The summed E-state index contributed by atoms with van der Waals surface area (Å²) in [4.78, 5) is 0. The first-order valence-electron chi connectivity index (χ1n) is 6.34. The van der Waals surface area contributed by atoms with Crippen molar-refractivity contribution >= 4 is 0 Å². The summed E-state index contributed by atoms with van der Waals surface area (Å²) in [6.45, 7) is 8.86. The number of phenols is 1. The number of fused-ring (bicyclic) bond motifs is 1. The first-order chi connectivity index (χ1) is 7.50. The van der Waals surface area contributed by atoms with E-state index in [4.69, 9.17) is 0 Å². The van der Waals surface area contributed by atoms with Crippen LogP contribution in [0, 0.1) is 12.8 Å². The van der Waals surface area contributed by atoms with Crippen molar-refractivity contribution in [2.24, 2.45) is 5.92 Å². The molecule has 2 atom stereocenters. The van der Waals surface area contributed by atoms with Gasteiger partial charge < -0.3 is 5.11 Å². The zero-order chi connectivity index (χ0) is 11.9. The van der Waals surface area contributed by atoms with E-state index in [1.807, 2.05) is 13.0 Å². The smallest absolute Gasteiger partial charge is 0.118 e. The predicted molar refractivity (Wildman–Crippen MR) is 68.1 cm³/mol. The molecule has 16 heavy (non-hydrogen) atoms. The molecule has 0 heterocycles. The fraction of sp³-hybridized carbons (Fsp3) is 0.600. The first-order valence-corrected chi connectivity index (χ1v) is 6.34. The zero-order valence-corrected chi connectivity index (χ0v) is 10.7. The molecular weight excluding hydrogens is 196 g/mol. The molecule has 1 aliphatic rings. The maximum absolute atomic E-state index is 9.82. The van der Waals surface area contributed by atoms with Crippen molar-refractivity contribution in [2.45, 2.75) is 52.4 Å². The van der Waals surface area contributed by atoms with Gasteiger partial charge in [-0.2, -0.15) is 0 Å². The summed E-state index contributed by atoms with van der Waals surface area (Å²) in [5.74, 6) is 2.41. The molecule has 0 saturated carbocycles. The Morgan fingerprint density at radius 1 is 1.19 bits per heavy atom. The van der Waals surface area contributed by atoms with Gasteiger partial charge in [-0.1, -0.05) is 26.8 Å². The number of aryl methyl sites for hydroxylation is 1. The highest BCUT2D eigenvalue weighted by molar-refractivity contribution is 5.45. The van der Waals surface area contributed by atoms with Gasteiger partial charge in [-0.15, -0.1) is 0 Å². The van der Waals surface area contributed by atoms with Crippen molar-refractivity contribution in [1.29, 1.82) is 0 Å². The van der Waals surface area contributed by atoms with Gasteiger partial charge in [0.25, 0.3) is 0 Å². The van der Waals surface area contributed by atoms with Crippen LogP contribution in [-0.2, 0) is 0 Å². The van der Waals surface area contributed by atoms with Crippen molar-refractivity contribution in [3.8, 4) is 5.75 Å². The molecule has 1 N–H and O–H groups in total. The topological polar surface area (TPSA) is 20.2 Å². The number of hydrogen-bond donors (Lipinski definition) is 1. The van der Waals surface area contributed by atoms with Gasteiger partial charge >= 0.3 is 0 Å². The van der Waals surface area contributed by atoms with Crippen molar-refractivity contribution in [1.82, 2.24) is 0 Å². The average Bonchev–Trinajstić information content (AvgIpc) is 2.21. The maximum atomic E-state index is 9.82. The molecule has 0 aromatic heterocycles. The Bertz CT molecular complexity index is 393. The van der Waals surface area contributed by atoms with Crippen LogP contribution in [0.3, 0.4) is 0 Å². The van der Waals surface area contributed by atoms with Gasteiger partial charge in [-0.25, -0.2) is 0 Å². The molecule has 2 rings (SSSR count). The zero-order valence-electron chi connectivity index (χ0n) is 10.7. The minimum atomic E-state index is 0.454. The van der Waals surface area contributed by atoms with E-state index in [9.17, 15) is 5.11 Å². The quantitative estimate of drug-likeness (QED) is 0.743. The summed E-state index contributed by atoms with van der Waals surface area (Å²) in [7, 11) is 0. The third kappa shape index (κ3) is 1.83. The molecule has 1 aromatic rings. The molecule has 88 valence electrons. The monoisotopic (exact) mass is 218 g/mol. The Morgan fingerprint density at radius 2 is 1.88 bits per heavy atom. The number of phenolic OH excluding ortho intramolecular Hbond substituents is 1. The fourth-order valence-electron chi connectivity index (χ4n) is 2.92. The van der Waals surface area contributed by atoms with Crippen LogP contribution in [0.5, 0.6) is 5.75 Å². The highest BCUT2D eigenvalue weighted by Crippen LogP contribution is 2.44. The van der Waals surface area contributed by atoms with Crippen LogP contribution in [0.15, 0.2) is 12.1 Å². The Hall–Kier alpha value is -0.980. The Balaban J connectivity index is 2.52. The molecule has 0 saturated heterocycles. The van der Waals surface area contributed by atoms with E-state index >= 15 is 0 Å². The van der Waals surface area contributed by atoms with E-state index in [0.717, 1.165) is 5.56 Å². The lowest BCUT2D eigenvalue weighted by Crippen LogP contribution is -2.17. The van der Waals surface area contributed by atoms with Crippen LogP contribution in [0.25, 0.3) is 0 Å². The highest BCUT2D eigenvalue weighted by atomic mass is 16.3. The number of aromatic hydroxyl groups is 1. The first kappa shape index (κ1) is 11.5. The molecule has 0 amide bonds. The van der Waals surface area contributed by atoms with Gasteiger partial charge in [0.05, 0.1) is 0 Å². The van der Waals surface area contributed by atoms with E-state index in [1.54, 1.807) is 0 Å². The third-order valence-electron chi connectivity index (χ3n) is 4.05. The number of benzene rings is 1. The van der Waals surface area contributed by atoms with Gasteiger partial charge in [-0.05, 0) is 60.3 Å². The summed E-state index contributed by atoms with van der Waals surface area (Å²) in [5.41, 5.74) is 3.86. The van der Waals surface area contributed by atoms with Gasteiger partial charge in [0, 0.05) is 0 Å². The lowest BCUT2D eigenvalue weighted by atomic mass is 9.72. The van der Waals surface area contributed by atoms with Crippen LogP contribution in [0.2, 0.25) is 0 Å². The second-order valence-corrected chi connectivity index (χ2v) is 5.60. The maximum Gasteiger partial charge on any atom is 0.118 e. The molecule has 1 aliphatic carbocycles. The molecule has 1 aromatic carbocycles. The summed E-state index contributed by atoms with van der Waals surface area (Å²) < 4.78 is 0. The summed E-state index contributed by atoms with van der Waals surface area (Å²) >= 11 is 0. The molecule has 0 unspecified atom stereocenters. The van der Waals surface area contributed by atoms with Gasteiger partial charge in [-0.3, -0.25) is 0 Å². The van der Waals surface area contributed by atoms with E-state index in [-0.39, 0.29) is 0 Å². The molecule has 0 radical (unpaired) electrons. The summed E-state index contributed by atoms with van der Waals surface area (Å²) in [6, 6.07) is 4.19. The van der Waals surface area contributed by atoms with Gasteiger partial charge in [0.15, 0.2) is 0 Å². The second-order valence-electron chi connectivity index (χ2n) is 5.60. The van der Waals surface area contributed by atoms with Crippen LogP contribution < -0.4 is 0 Å². The molecule has 1 nitrogen and oxygen atoms in total. The van der Waals surface area contributed by atoms with E-state index in [1.165, 1.54) is 24.0 Å². The molecule has 0 spiro atoms. The van der Waals surface area contributed by atoms with Crippen molar-refractivity contribution in [3.05, 3.63) is 28.8 Å². The van der Waals surface area contributed by atoms with Gasteiger partial charge in [0.1, 0.15) is 5.75 Å². The largest absolute Gasteiger partial charge is 0.508 e. The third-order valence-corrected chi connectivity index (χ3v) is 4.05. The Labute approximate surface area is 98.5 Å². The summed E-state index contributed by atoms with van der Waals surface area (Å²) in [5, 5.41) is 9.82.